The van der Waals surface area contributed by atoms with Crippen LogP contribution in [-0.4, -0.2) is 27.5 Å². The van der Waals surface area contributed by atoms with Gasteiger partial charge in [-0.3, -0.25) is 4.79 Å². The molecule has 0 aliphatic heterocycles. The van der Waals surface area contributed by atoms with E-state index in [2.05, 4.69) is 10.0 Å². The van der Waals surface area contributed by atoms with Crippen LogP contribution >= 0.6 is 11.6 Å². The molecular formula is C24H25ClN2O4S. The van der Waals surface area contributed by atoms with Crippen molar-refractivity contribution in [2.45, 2.75) is 31.2 Å². The van der Waals surface area contributed by atoms with Crippen molar-refractivity contribution in [3.8, 4) is 5.75 Å². The molecule has 0 bridgehead atoms. The van der Waals surface area contributed by atoms with E-state index in [-0.39, 0.29) is 17.1 Å². The van der Waals surface area contributed by atoms with Gasteiger partial charge in [0.15, 0.2) is 0 Å². The van der Waals surface area contributed by atoms with E-state index in [1.54, 1.807) is 37.3 Å². The number of sulfonamides is 1. The number of ether oxygens (including phenoxy) is 1. The molecule has 2 N–H and O–H groups in total. The molecule has 0 aromatic heterocycles. The Morgan fingerprint density at radius 1 is 1.03 bits per heavy atom. The first-order chi connectivity index (χ1) is 15.2. The number of hydrogen-bond donors (Lipinski definition) is 2. The highest BCUT2D eigenvalue weighted by molar-refractivity contribution is 7.89. The Bertz CT molecular complexity index is 1210. The lowest BCUT2D eigenvalue weighted by Gasteiger charge is -2.20. The van der Waals surface area contributed by atoms with Gasteiger partial charge in [-0.2, -0.15) is 4.72 Å². The van der Waals surface area contributed by atoms with Crippen LogP contribution in [0.4, 0.5) is 5.69 Å². The van der Waals surface area contributed by atoms with Gasteiger partial charge in [0.05, 0.1) is 7.11 Å². The second kappa shape index (κ2) is 10.2. The molecule has 0 unspecified atom stereocenters. The maximum Gasteiger partial charge on any atom is 0.245 e. The minimum atomic E-state index is -4.06. The number of carbonyl (C=O) groups is 1. The maximum atomic E-state index is 13.3. The molecule has 1 amide bonds. The number of nitrogens with one attached hydrogen (secondary N) is 2. The van der Waals surface area contributed by atoms with Crippen molar-refractivity contribution in [1.82, 2.24) is 4.72 Å². The smallest absolute Gasteiger partial charge is 0.245 e. The number of aryl methyl sites for hydroxylation is 2. The number of hydrogen-bond acceptors (Lipinski definition) is 4. The molecule has 0 aliphatic carbocycles. The number of halogens is 1. The molecule has 3 aromatic carbocycles. The topological polar surface area (TPSA) is 84.5 Å². The van der Waals surface area contributed by atoms with Gasteiger partial charge in [-0.25, -0.2) is 8.42 Å². The fraction of sp³-hybridized carbons (Fsp3) is 0.208. The van der Waals surface area contributed by atoms with Crippen LogP contribution in [0.25, 0.3) is 0 Å². The normalized spacial score (nSPS) is 12.2. The molecule has 3 rings (SSSR count). The zero-order valence-electron chi connectivity index (χ0n) is 18.1. The van der Waals surface area contributed by atoms with Crippen molar-refractivity contribution < 1.29 is 17.9 Å². The molecule has 0 aliphatic rings. The molecule has 0 heterocycles. The van der Waals surface area contributed by atoms with E-state index in [1.807, 2.05) is 37.3 Å². The van der Waals surface area contributed by atoms with Crippen LogP contribution in [-0.2, 0) is 21.2 Å². The maximum absolute atomic E-state index is 13.3. The highest BCUT2D eigenvalue weighted by atomic mass is 35.5. The monoisotopic (exact) mass is 472 g/mol. The third kappa shape index (κ3) is 5.88. The summed E-state index contributed by atoms with van der Waals surface area (Å²) in [5.74, 6) is -0.290. The minimum Gasteiger partial charge on any atom is -0.495 e. The largest absolute Gasteiger partial charge is 0.495 e. The third-order valence-corrected chi connectivity index (χ3v) is 6.69. The standard InChI is InChI=1S/C24H25ClN2O4S/c1-16-9-12-22(31-3)23(13-16)32(29,30)27-21(14-18-7-5-4-6-8-18)24(28)26-20-15-19(25)11-10-17(20)2/h4-13,15,21,27H,14H2,1-3H3,(H,26,28)/t21-/m0/s1. The lowest BCUT2D eigenvalue weighted by molar-refractivity contribution is -0.117. The van der Waals surface area contributed by atoms with Crippen LogP contribution in [0.3, 0.4) is 0 Å². The summed E-state index contributed by atoms with van der Waals surface area (Å²) in [4.78, 5) is 13.2. The number of methoxy groups -OCH3 is 1. The lowest BCUT2D eigenvalue weighted by atomic mass is 10.1. The Hall–Kier alpha value is -2.87. The van der Waals surface area contributed by atoms with Gasteiger partial charge in [-0.15, -0.1) is 0 Å². The third-order valence-electron chi connectivity index (χ3n) is 4.96. The Labute approximate surface area is 193 Å². The number of rotatable bonds is 8. The molecule has 6 nitrogen and oxygen atoms in total. The summed E-state index contributed by atoms with van der Waals surface area (Å²) < 4.78 is 34.3. The molecule has 0 saturated carbocycles. The van der Waals surface area contributed by atoms with Crippen LogP contribution in [0.5, 0.6) is 5.75 Å². The molecule has 0 saturated heterocycles. The van der Waals surface area contributed by atoms with Gasteiger partial charge >= 0.3 is 0 Å². The van der Waals surface area contributed by atoms with E-state index in [1.165, 1.54) is 13.2 Å². The highest BCUT2D eigenvalue weighted by Gasteiger charge is 2.28. The Morgan fingerprint density at radius 3 is 2.44 bits per heavy atom. The summed E-state index contributed by atoms with van der Waals surface area (Å²) in [6, 6.07) is 18.1. The van der Waals surface area contributed by atoms with Crippen molar-refractivity contribution in [1.29, 1.82) is 0 Å². The number of benzene rings is 3. The van der Waals surface area contributed by atoms with E-state index >= 15 is 0 Å². The Morgan fingerprint density at radius 2 is 1.75 bits per heavy atom. The zero-order chi connectivity index (χ0) is 23.3. The first kappa shape index (κ1) is 23.8. The SMILES string of the molecule is COc1ccc(C)cc1S(=O)(=O)N[C@@H](Cc1ccccc1)C(=O)Nc1cc(Cl)ccc1C. The fourth-order valence-corrected chi connectivity index (χ4v) is 4.85. The second-order valence-electron chi connectivity index (χ2n) is 7.47. The van der Waals surface area contributed by atoms with Crippen molar-refractivity contribution in [2.24, 2.45) is 0 Å². The summed E-state index contributed by atoms with van der Waals surface area (Å²) in [5, 5.41) is 3.27. The molecule has 168 valence electrons. The van der Waals surface area contributed by atoms with Gasteiger partial charge in [0.1, 0.15) is 16.7 Å². The van der Waals surface area contributed by atoms with Gasteiger partial charge in [0, 0.05) is 10.7 Å². The molecule has 0 spiro atoms. The van der Waals surface area contributed by atoms with E-state index in [9.17, 15) is 13.2 Å². The molecule has 3 aromatic rings. The highest BCUT2D eigenvalue weighted by Crippen LogP contribution is 2.26. The van der Waals surface area contributed by atoms with E-state index < -0.39 is 22.0 Å². The Balaban J connectivity index is 1.95. The Kier molecular flexibility index (Phi) is 7.56. The summed E-state index contributed by atoms with van der Waals surface area (Å²) in [5.41, 5.74) is 2.90. The van der Waals surface area contributed by atoms with E-state index in [4.69, 9.17) is 16.3 Å². The predicted octanol–water partition coefficient (Wildman–Crippen LogP) is 4.49. The van der Waals surface area contributed by atoms with Crippen LogP contribution in [0.15, 0.2) is 71.6 Å². The van der Waals surface area contributed by atoms with Crippen molar-refractivity contribution in [3.05, 3.63) is 88.4 Å². The summed E-state index contributed by atoms with van der Waals surface area (Å²) in [6.07, 6.45) is 0.166. The predicted molar refractivity (Wildman–Crippen MR) is 127 cm³/mol. The summed E-state index contributed by atoms with van der Waals surface area (Å²) in [6.45, 7) is 3.62. The average molecular weight is 473 g/mol. The van der Waals surface area contributed by atoms with Gasteiger partial charge in [0.2, 0.25) is 15.9 Å². The quantitative estimate of drug-likeness (QED) is 0.505. The first-order valence-electron chi connectivity index (χ1n) is 9.97. The molecule has 1 atom stereocenters. The number of carbonyl (C=O) groups excluding carboxylic acids is 1. The van der Waals surface area contributed by atoms with Gasteiger partial charge in [0.25, 0.3) is 0 Å². The van der Waals surface area contributed by atoms with Crippen molar-refractivity contribution >= 4 is 33.2 Å². The van der Waals surface area contributed by atoms with Crippen LogP contribution < -0.4 is 14.8 Å². The van der Waals surface area contributed by atoms with Gasteiger partial charge in [-0.05, 0) is 61.2 Å². The molecule has 0 radical (unpaired) electrons. The zero-order valence-corrected chi connectivity index (χ0v) is 19.6. The second-order valence-corrected chi connectivity index (χ2v) is 9.59. The first-order valence-corrected chi connectivity index (χ1v) is 11.8. The van der Waals surface area contributed by atoms with Crippen molar-refractivity contribution in [3.63, 3.8) is 0 Å². The number of amides is 1. The summed E-state index contributed by atoms with van der Waals surface area (Å²) in [7, 11) is -2.66. The molecule has 8 heteroatoms. The van der Waals surface area contributed by atoms with Crippen LogP contribution in [0.2, 0.25) is 5.02 Å². The number of anilines is 1. The van der Waals surface area contributed by atoms with Crippen molar-refractivity contribution in [2.75, 3.05) is 12.4 Å². The molecular weight excluding hydrogens is 448 g/mol. The van der Waals surface area contributed by atoms with Gasteiger partial charge in [-0.1, -0.05) is 54.1 Å². The molecule has 32 heavy (non-hydrogen) atoms. The van der Waals surface area contributed by atoms with E-state index in [0.717, 1.165) is 16.7 Å². The molecule has 0 fully saturated rings. The van der Waals surface area contributed by atoms with E-state index in [0.29, 0.717) is 10.7 Å². The summed E-state index contributed by atoms with van der Waals surface area (Å²) >= 11 is 6.07. The van der Waals surface area contributed by atoms with Crippen LogP contribution in [0.1, 0.15) is 16.7 Å². The fourth-order valence-electron chi connectivity index (χ4n) is 3.23. The van der Waals surface area contributed by atoms with Crippen LogP contribution in [0, 0.1) is 13.8 Å². The minimum absolute atomic E-state index is 0.0233. The average Bonchev–Trinajstić information content (AvgIpc) is 2.76. The van der Waals surface area contributed by atoms with Gasteiger partial charge < -0.3 is 10.1 Å². The lowest BCUT2D eigenvalue weighted by Crippen LogP contribution is -2.45.